The number of aliphatic carboxylic acids is 1. The Balaban J connectivity index is 2.54. The zero-order chi connectivity index (χ0) is 14.5. The van der Waals surface area contributed by atoms with Crippen molar-refractivity contribution in [2.45, 2.75) is 13.8 Å². The Morgan fingerprint density at radius 2 is 2.11 bits per heavy atom. The molecule has 0 saturated heterocycles. The normalized spacial score (nSPS) is 11.5. The van der Waals surface area contributed by atoms with Gasteiger partial charge in [0.1, 0.15) is 0 Å². The summed E-state index contributed by atoms with van der Waals surface area (Å²) in [6, 6.07) is 7.11. The molecule has 0 spiro atoms. The van der Waals surface area contributed by atoms with Crippen LogP contribution in [-0.2, 0) is 9.59 Å². The van der Waals surface area contributed by atoms with E-state index in [9.17, 15) is 9.59 Å². The lowest BCUT2D eigenvalue weighted by atomic mass is 9.94. The molecule has 1 rings (SSSR count). The number of amides is 1. The first kappa shape index (κ1) is 14.8. The summed E-state index contributed by atoms with van der Waals surface area (Å²) >= 11 is 0. The van der Waals surface area contributed by atoms with Gasteiger partial charge < -0.3 is 16.2 Å². The molecular formula is C14H18N2O3. The van der Waals surface area contributed by atoms with E-state index in [-0.39, 0.29) is 12.5 Å². The zero-order valence-electron chi connectivity index (χ0n) is 11.0. The highest BCUT2D eigenvalue weighted by atomic mass is 16.4. The van der Waals surface area contributed by atoms with Crippen LogP contribution in [0.1, 0.15) is 19.4 Å². The Kier molecular flexibility index (Phi) is 4.69. The van der Waals surface area contributed by atoms with Crippen molar-refractivity contribution >= 4 is 23.6 Å². The van der Waals surface area contributed by atoms with Gasteiger partial charge in [-0.3, -0.25) is 9.59 Å². The maximum atomic E-state index is 11.5. The summed E-state index contributed by atoms with van der Waals surface area (Å²) in [5, 5.41) is 11.5. The molecule has 0 aliphatic rings. The van der Waals surface area contributed by atoms with E-state index in [1.807, 2.05) is 6.07 Å². The lowest BCUT2D eigenvalue weighted by Gasteiger charge is -2.18. The van der Waals surface area contributed by atoms with Crippen LogP contribution in [0.5, 0.6) is 0 Å². The van der Waals surface area contributed by atoms with Crippen molar-refractivity contribution in [2.24, 2.45) is 5.41 Å². The third kappa shape index (κ3) is 4.83. The van der Waals surface area contributed by atoms with Gasteiger partial charge in [-0.15, -0.1) is 0 Å². The number of nitrogen functional groups attached to an aromatic ring is 1. The number of carbonyl (C=O) groups excluding carboxylic acids is 1. The molecule has 5 nitrogen and oxygen atoms in total. The Morgan fingerprint density at radius 3 is 2.68 bits per heavy atom. The third-order valence-electron chi connectivity index (χ3n) is 2.62. The van der Waals surface area contributed by atoms with Crippen molar-refractivity contribution in [2.75, 3.05) is 12.3 Å². The molecule has 0 aliphatic heterocycles. The van der Waals surface area contributed by atoms with Gasteiger partial charge in [-0.05, 0) is 37.6 Å². The topological polar surface area (TPSA) is 92.4 Å². The molecule has 0 radical (unpaired) electrons. The fraction of sp³-hybridized carbons (Fsp3) is 0.286. The van der Waals surface area contributed by atoms with E-state index in [1.165, 1.54) is 6.08 Å². The molecular weight excluding hydrogens is 244 g/mol. The predicted molar refractivity (Wildman–Crippen MR) is 74.3 cm³/mol. The van der Waals surface area contributed by atoms with Crippen LogP contribution in [-0.4, -0.2) is 23.5 Å². The van der Waals surface area contributed by atoms with Gasteiger partial charge in [0.05, 0.1) is 5.41 Å². The van der Waals surface area contributed by atoms with Crippen LogP contribution in [0.25, 0.3) is 6.08 Å². The molecule has 0 aliphatic carbocycles. The highest BCUT2D eigenvalue weighted by molar-refractivity contribution is 5.92. The number of nitrogens with two attached hydrogens (primary N) is 1. The van der Waals surface area contributed by atoms with Gasteiger partial charge in [0, 0.05) is 18.3 Å². The van der Waals surface area contributed by atoms with E-state index in [0.717, 1.165) is 5.56 Å². The fourth-order valence-electron chi connectivity index (χ4n) is 1.28. The van der Waals surface area contributed by atoms with Crippen molar-refractivity contribution < 1.29 is 14.7 Å². The number of nitrogens with one attached hydrogen (secondary N) is 1. The summed E-state index contributed by atoms with van der Waals surface area (Å²) < 4.78 is 0. The monoisotopic (exact) mass is 262 g/mol. The first-order valence-corrected chi connectivity index (χ1v) is 5.86. The standard InChI is InChI=1S/C14H18N2O3/c1-14(2,13(18)19)9-16-12(17)7-6-10-4-3-5-11(15)8-10/h3-8H,9,15H2,1-2H3,(H,16,17)(H,18,19)/b7-6+. The van der Waals surface area contributed by atoms with Crippen molar-refractivity contribution in [1.82, 2.24) is 5.32 Å². The second kappa shape index (κ2) is 6.04. The van der Waals surface area contributed by atoms with E-state index >= 15 is 0 Å². The molecule has 1 aromatic rings. The summed E-state index contributed by atoms with van der Waals surface area (Å²) in [5.74, 6) is -1.29. The summed E-state index contributed by atoms with van der Waals surface area (Å²) in [7, 11) is 0. The van der Waals surface area contributed by atoms with Crippen molar-refractivity contribution in [3.05, 3.63) is 35.9 Å². The molecule has 0 unspecified atom stereocenters. The van der Waals surface area contributed by atoms with Crippen LogP contribution in [0.4, 0.5) is 5.69 Å². The highest BCUT2D eigenvalue weighted by Crippen LogP contribution is 2.13. The number of anilines is 1. The Morgan fingerprint density at radius 1 is 1.42 bits per heavy atom. The molecule has 0 saturated carbocycles. The number of benzene rings is 1. The maximum absolute atomic E-state index is 11.5. The average molecular weight is 262 g/mol. The van der Waals surface area contributed by atoms with E-state index in [0.29, 0.717) is 5.69 Å². The van der Waals surface area contributed by atoms with Crippen LogP contribution in [0, 0.1) is 5.41 Å². The number of rotatable bonds is 5. The molecule has 0 fully saturated rings. The van der Waals surface area contributed by atoms with Gasteiger partial charge in [-0.1, -0.05) is 12.1 Å². The van der Waals surface area contributed by atoms with Crippen LogP contribution < -0.4 is 11.1 Å². The number of hydrogen-bond donors (Lipinski definition) is 3. The summed E-state index contributed by atoms with van der Waals surface area (Å²) in [6.45, 7) is 3.18. The van der Waals surface area contributed by atoms with E-state index in [2.05, 4.69) is 5.32 Å². The van der Waals surface area contributed by atoms with Crippen molar-refractivity contribution in [3.8, 4) is 0 Å². The minimum Gasteiger partial charge on any atom is -0.481 e. The minimum absolute atomic E-state index is 0.0719. The second-order valence-electron chi connectivity index (χ2n) is 4.91. The lowest BCUT2D eigenvalue weighted by Crippen LogP contribution is -2.38. The molecule has 0 heterocycles. The Labute approximate surface area is 112 Å². The van der Waals surface area contributed by atoms with Crippen LogP contribution in [0.2, 0.25) is 0 Å². The minimum atomic E-state index is -0.985. The summed E-state index contributed by atoms with van der Waals surface area (Å²) in [4.78, 5) is 22.4. The molecule has 19 heavy (non-hydrogen) atoms. The number of carboxylic acids is 1. The van der Waals surface area contributed by atoms with Gasteiger partial charge in [0.15, 0.2) is 0 Å². The molecule has 0 bridgehead atoms. The Bertz CT molecular complexity index is 507. The molecule has 5 heteroatoms. The number of hydrogen-bond acceptors (Lipinski definition) is 3. The van der Waals surface area contributed by atoms with E-state index < -0.39 is 11.4 Å². The molecule has 1 amide bonds. The smallest absolute Gasteiger partial charge is 0.310 e. The molecule has 1 aromatic carbocycles. The maximum Gasteiger partial charge on any atom is 0.310 e. The van der Waals surface area contributed by atoms with Crippen LogP contribution >= 0.6 is 0 Å². The number of carboxylic acid groups (broad SMARTS) is 1. The Hall–Kier alpha value is -2.30. The van der Waals surface area contributed by atoms with Gasteiger partial charge >= 0.3 is 5.97 Å². The van der Waals surface area contributed by atoms with Crippen LogP contribution in [0.3, 0.4) is 0 Å². The number of carbonyl (C=O) groups is 2. The zero-order valence-corrected chi connectivity index (χ0v) is 11.0. The lowest BCUT2D eigenvalue weighted by molar-refractivity contribution is -0.146. The van der Waals surface area contributed by atoms with Gasteiger partial charge in [0.25, 0.3) is 0 Å². The predicted octanol–water partition coefficient (Wildman–Crippen LogP) is 1.51. The van der Waals surface area contributed by atoms with Gasteiger partial charge in [-0.2, -0.15) is 0 Å². The van der Waals surface area contributed by atoms with Gasteiger partial charge in [0.2, 0.25) is 5.91 Å². The van der Waals surface area contributed by atoms with E-state index in [4.69, 9.17) is 10.8 Å². The third-order valence-corrected chi connectivity index (χ3v) is 2.62. The molecule has 0 atom stereocenters. The van der Waals surface area contributed by atoms with E-state index in [1.54, 1.807) is 38.1 Å². The summed E-state index contributed by atoms with van der Waals surface area (Å²) in [6.07, 6.45) is 2.98. The SMILES string of the molecule is CC(C)(CNC(=O)/C=C/c1cccc(N)c1)C(=O)O. The first-order chi connectivity index (χ1) is 8.81. The van der Waals surface area contributed by atoms with Crippen molar-refractivity contribution in [3.63, 3.8) is 0 Å². The van der Waals surface area contributed by atoms with Crippen LogP contribution in [0.15, 0.2) is 30.3 Å². The quantitative estimate of drug-likeness (QED) is 0.554. The average Bonchev–Trinajstić information content (AvgIpc) is 2.34. The van der Waals surface area contributed by atoms with Crippen molar-refractivity contribution in [1.29, 1.82) is 0 Å². The van der Waals surface area contributed by atoms with Gasteiger partial charge in [-0.25, -0.2) is 0 Å². The highest BCUT2D eigenvalue weighted by Gasteiger charge is 2.27. The molecule has 4 N–H and O–H groups in total. The fourth-order valence-corrected chi connectivity index (χ4v) is 1.28. The first-order valence-electron chi connectivity index (χ1n) is 5.86. The second-order valence-corrected chi connectivity index (χ2v) is 4.91. The largest absolute Gasteiger partial charge is 0.481 e. The summed E-state index contributed by atoms with van der Waals surface area (Å²) in [5.41, 5.74) is 6.06. The molecule has 102 valence electrons. The molecule has 0 aromatic heterocycles.